The van der Waals surface area contributed by atoms with Crippen LogP contribution in [0.1, 0.15) is 30.1 Å². The topological polar surface area (TPSA) is 42.7 Å². The minimum atomic E-state index is 0.436. The molecular formula is C14H17ClN4. The van der Waals surface area contributed by atoms with Gasteiger partial charge in [0.1, 0.15) is 12.2 Å². The standard InChI is InChI=1S/C14H17ClN4/c1-10-7-12(15)4-5-13(10)19-9-17-18-14(19)11-3-2-6-16-8-11/h4-5,7,9,11,16H,2-3,6,8H2,1H3. The summed E-state index contributed by atoms with van der Waals surface area (Å²) in [5, 5.41) is 12.6. The van der Waals surface area contributed by atoms with E-state index in [1.165, 1.54) is 12.8 Å². The zero-order chi connectivity index (χ0) is 13.2. The molecule has 100 valence electrons. The number of benzene rings is 1. The van der Waals surface area contributed by atoms with Gasteiger partial charge in [0.05, 0.1) is 5.69 Å². The van der Waals surface area contributed by atoms with Crippen LogP contribution in [0.3, 0.4) is 0 Å². The Morgan fingerprint density at radius 2 is 2.32 bits per heavy atom. The Balaban J connectivity index is 1.99. The van der Waals surface area contributed by atoms with E-state index in [0.29, 0.717) is 5.92 Å². The maximum atomic E-state index is 6.02. The van der Waals surface area contributed by atoms with Gasteiger partial charge in [0, 0.05) is 17.5 Å². The van der Waals surface area contributed by atoms with Gasteiger partial charge in [0.15, 0.2) is 0 Å². The van der Waals surface area contributed by atoms with Crippen LogP contribution in [0.15, 0.2) is 24.5 Å². The van der Waals surface area contributed by atoms with Crippen LogP contribution in [0.25, 0.3) is 5.69 Å². The lowest BCUT2D eigenvalue weighted by Crippen LogP contribution is -2.30. The number of nitrogens with one attached hydrogen (secondary N) is 1. The second-order valence-electron chi connectivity index (χ2n) is 5.03. The maximum Gasteiger partial charge on any atom is 0.141 e. The van der Waals surface area contributed by atoms with Crippen LogP contribution in [0.4, 0.5) is 0 Å². The van der Waals surface area contributed by atoms with Crippen molar-refractivity contribution in [3.8, 4) is 5.69 Å². The number of rotatable bonds is 2. The zero-order valence-electron chi connectivity index (χ0n) is 10.9. The average molecular weight is 277 g/mol. The van der Waals surface area contributed by atoms with E-state index in [4.69, 9.17) is 11.6 Å². The first kappa shape index (κ1) is 12.6. The van der Waals surface area contributed by atoms with E-state index < -0.39 is 0 Å². The van der Waals surface area contributed by atoms with Crippen molar-refractivity contribution < 1.29 is 0 Å². The Hall–Kier alpha value is -1.39. The van der Waals surface area contributed by atoms with Gasteiger partial charge in [-0.25, -0.2) is 0 Å². The van der Waals surface area contributed by atoms with Gasteiger partial charge in [-0.15, -0.1) is 10.2 Å². The Kier molecular flexibility index (Phi) is 3.53. The van der Waals surface area contributed by atoms with Gasteiger partial charge in [-0.3, -0.25) is 4.57 Å². The highest BCUT2D eigenvalue weighted by molar-refractivity contribution is 6.30. The van der Waals surface area contributed by atoms with Gasteiger partial charge in [-0.05, 0) is 50.1 Å². The highest BCUT2D eigenvalue weighted by Crippen LogP contribution is 2.26. The highest BCUT2D eigenvalue weighted by Gasteiger charge is 2.21. The first-order valence-corrected chi connectivity index (χ1v) is 7.00. The van der Waals surface area contributed by atoms with Crippen LogP contribution in [-0.4, -0.2) is 27.9 Å². The van der Waals surface area contributed by atoms with Crippen LogP contribution < -0.4 is 5.32 Å². The molecule has 1 aromatic heterocycles. The minimum Gasteiger partial charge on any atom is -0.316 e. The Labute approximate surface area is 117 Å². The number of aromatic nitrogens is 3. The number of piperidine rings is 1. The third-order valence-electron chi connectivity index (χ3n) is 3.65. The third kappa shape index (κ3) is 2.51. The van der Waals surface area contributed by atoms with Crippen molar-refractivity contribution in [3.63, 3.8) is 0 Å². The lowest BCUT2D eigenvalue weighted by molar-refractivity contribution is 0.442. The predicted octanol–water partition coefficient (Wildman–Crippen LogP) is 2.70. The fourth-order valence-corrected chi connectivity index (χ4v) is 2.90. The molecule has 2 heterocycles. The number of hydrogen-bond acceptors (Lipinski definition) is 3. The summed E-state index contributed by atoms with van der Waals surface area (Å²) in [4.78, 5) is 0. The van der Waals surface area contributed by atoms with Gasteiger partial charge in [-0.1, -0.05) is 11.6 Å². The number of nitrogens with zero attached hydrogens (tertiary/aromatic N) is 3. The smallest absolute Gasteiger partial charge is 0.141 e. The SMILES string of the molecule is Cc1cc(Cl)ccc1-n1cnnc1C1CCCNC1. The largest absolute Gasteiger partial charge is 0.316 e. The van der Waals surface area contributed by atoms with Crippen molar-refractivity contribution in [2.45, 2.75) is 25.7 Å². The van der Waals surface area contributed by atoms with Gasteiger partial charge < -0.3 is 5.32 Å². The second-order valence-corrected chi connectivity index (χ2v) is 5.47. The molecule has 4 nitrogen and oxygen atoms in total. The minimum absolute atomic E-state index is 0.436. The second kappa shape index (κ2) is 5.31. The summed E-state index contributed by atoms with van der Waals surface area (Å²) >= 11 is 6.02. The summed E-state index contributed by atoms with van der Waals surface area (Å²) in [7, 11) is 0. The molecule has 19 heavy (non-hydrogen) atoms. The van der Waals surface area contributed by atoms with E-state index in [-0.39, 0.29) is 0 Å². The van der Waals surface area contributed by atoms with E-state index in [9.17, 15) is 0 Å². The van der Waals surface area contributed by atoms with Crippen LogP contribution in [0, 0.1) is 6.92 Å². The molecule has 1 fully saturated rings. The van der Waals surface area contributed by atoms with Gasteiger partial charge >= 0.3 is 0 Å². The summed E-state index contributed by atoms with van der Waals surface area (Å²) in [5.74, 6) is 1.48. The Bertz CT molecular complexity index is 573. The molecule has 1 unspecified atom stereocenters. The summed E-state index contributed by atoms with van der Waals surface area (Å²) < 4.78 is 2.09. The van der Waals surface area contributed by atoms with Crippen molar-refractivity contribution in [1.82, 2.24) is 20.1 Å². The van der Waals surface area contributed by atoms with Crippen molar-refractivity contribution >= 4 is 11.6 Å². The van der Waals surface area contributed by atoms with Crippen LogP contribution >= 0.6 is 11.6 Å². The van der Waals surface area contributed by atoms with Gasteiger partial charge in [0.25, 0.3) is 0 Å². The molecule has 0 radical (unpaired) electrons. The third-order valence-corrected chi connectivity index (χ3v) is 3.89. The van der Waals surface area contributed by atoms with E-state index in [1.807, 2.05) is 18.2 Å². The number of hydrogen-bond donors (Lipinski definition) is 1. The number of halogens is 1. The van der Waals surface area contributed by atoms with Crippen molar-refractivity contribution in [2.24, 2.45) is 0 Å². The fraction of sp³-hybridized carbons (Fsp3) is 0.429. The molecule has 0 spiro atoms. The Morgan fingerprint density at radius 1 is 1.42 bits per heavy atom. The molecule has 1 saturated heterocycles. The summed E-state index contributed by atoms with van der Waals surface area (Å²) in [6, 6.07) is 5.91. The molecule has 0 aliphatic carbocycles. The normalized spacial score (nSPS) is 19.6. The van der Waals surface area contributed by atoms with E-state index in [0.717, 1.165) is 35.2 Å². The first-order chi connectivity index (χ1) is 9.25. The van der Waals surface area contributed by atoms with Crippen molar-refractivity contribution in [1.29, 1.82) is 0 Å². The molecule has 0 saturated carbocycles. The van der Waals surface area contributed by atoms with E-state index >= 15 is 0 Å². The lowest BCUT2D eigenvalue weighted by Gasteiger charge is -2.22. The lowest BCUT2D eigenvalue weighted by atomic mass is 9.98. The molecule has 1 aliphatic rings. The predicted molar refractivity (Wildman–Crippen MR) is 76.0 cm³/mol. The molecule has 1 N–H and O–H groups in total. The molecule has 1 aromatic carbocycles. The van der Waals surface area contributed by atoms with Crippen molar-refractivity contribution in [2.75, 3.05) is 13.1 Å². The monoisotopic (exact) mass is 276 g/mol. The average Bonchev–Trinajstić information content (AvgIpc) is 2.89. The molecule has 1 aliphatic heterocycles. The Morgan fingerprint density at radius 3 is 3.05 bits per heavy atom. The van der Waals surface area contributed by atoms with E-state index in [1.54, 1.807) is 6.33 Å². The molecular weight excluding hydrogens is 260 g/mol. The highest BCUT2D eigenvalue weighted by atomic mass is 35.5. The van der Waals surface area contributed by atoms with Gasteiger partial charge in [0.2, 0.25) is 0 Å². The van der Waals surface area contributed by atoms with Crippen LogP contribution in [-0.2, 0) is 0 Å². The first-order valence-electron chi connectivity index (χ1n) is 6.63. The quantitative estimate of drug-likeness (QED) is 0.917. The molecule has 0 amide bonds. The van der Waals surface area contributed by atoms with Crippen LogP contribution in [0.2, 0.25) is 5.02 Å². The summed E-state index contributed by atoms with van der Waals surface area (Å²) in [6.45, 7) is 4.14. The van der Waals surface area contributed by atoms with Crippen molar-refractivity contribution in [3.05, 3.63) is 40.9 Å². The summed E-state index contributed by atoms with van der Waals surface area (Å²) in [6.07, 6.45) is 4.15. The fourth-order valence-electron chi connectivity index (χ4n) is 2.67. The molecule has 2 aromatic rings. The molecule has 0 bridgehead atoms. The number of aryl methyl sites for hydroxylation is 1. The zero-order valence-corrected chi connectivity index (χ0v) is 11.7. The molecule has 3 rings (SSSR count). The summed E-state index contributed by atoms with van der Waals surface area (Å²) in [5.41, 5.74) is 2.24. The van der Waals surface area contributed by atoms with Gasteiger partial charge in [-0.2, -0.15) is 0 Å². The molecule has 1 atom stereocenters. The van der Waals surface area contributed by atoms with Crippen LogP contribution in [0.5, 0.6) is 0 Å². The van der Waals surface area contributed by atoms with E-state index in [2.05, 4.69) is 27.0 Å². The molecule has 5 heteroatoms. The maximum absolute atomic E-state index is 6.02.